The van der Waals surface area contributed by atoms with Crippen LogP contribution >= 0.6 is 31.9 Å². The van der Waals surface area contributed by atoms with Gasteiger partial charge in [0.25, 0.3) is 0 Å². The molecule has 0 amide bonds. The Morgan fingerprint density at radius 1 is 1.40 bits per heavy atom. The average molecular weight is 336 g/mol. The van der Waals surface area contributed by atoms with Gasteiger partial charge in [0.1, 0.15) is 11.9 Å². The van der Waals surface area contributed by atoms with Crippen molar-refractivity contribution in [2.45, 2.75) is 12.5 Å². The zero-order valence-corrected chi connectivity index (χ0v) is 10.8. The molecular weight excluding hydrogens is 328 g/mol. The van der Waals surface area contributed by atoms with Crippen molar-refractivity contribution in [3.8, 4) is 0 Å². The molecule has 0 fully saturated rings. The van der Waals surface area contributed by atoms with Gasteiger partial charge in [-0.2, -0.15) is 0 Å². The molecule has 3 nitrogen and oxygen atoms in total. The molecule has 2 heterocycles. The van der Waals surface area contributed by atoms with Gasteiger partial charge in [-0.25, -0.2) is 0 Å². The first-order valence-corrected chi connectivity index (χ1v) is 5.89. The minimum Gasteiger partial charge on any atom is -0.472 e. The van der Waals surface area contributed by atoms with E-state index in [1.54, 1.807) is 18.6 Å². The molecule has 0 aliphatic heterocycles. The van der Waals surface area contributed by atoms with E-state index < -0.39 is 6.10 Å². The highest BCUT2D eigenvalue weighted by Crippen LogP contribution is 2.31. The minimum atomic E-state index is -0.662. The maximum Gasteiger partial charge on any atom is 0.183 e. The summed E-state index contributed by atoms with van der Waals surface area (Å²) >= 11 is 6.51. The summed E-state index contributed by atoms with van der Waals surface area (Å²) in [6.07, 6.45) is 3.00. The molecule has 1 N–H and O–H groups in total. The third-order valence-corrected chi connectivity index (χ3v) is 3.71. The van der Waals surface area contributed by atoms with Crippen LogP contribution in [0.25, 0.3) is 0 Å². The van der Waals surface area contributed by atoms with Gasteiger partial charge in [0, 0.05) is 6.42 Å². The van der Waals surface area contributed by atoms with Gasteiger partial charge in [-0.15, -0.1) is 0 Å². The molecule has 5 heteroatoms. The van der Waals surface area contributed by atoms with E-state index in [-0.39, 0.29) is 0 Å². The first-order chi connectivity index (χ1) is 7.16. The SMILES string of the molecule is OC(Cc1ccoc1)c1cc(Br)c(Br)o1. The summed E-state index contributed by atoms with van der Waals surface area (Å²) in [4.78, 5) is 0. The van der Waals surface area contributed by atoms with Crippen LogP contribution in [0.3, 0.4) is 0 Å². The molecule has 0 radical (unpaired) electrons. The van der Waals surface area contributed by atoms with Crippen molar-refractivity contribution in [2.75, 3.05) is 0 Å². The van der Waals surface area contributed by atoms with Gasteiger partial charge >= 0.3 is 0 Å². The summed E-state index contributed by atoms with van der Waals surface area (Å²) in [5.74, 6) is 0.523. The molecule has 15 heavy (non-hydrogen) atoms. The summed E-state index contributed by atoms with van der Waals surface area (Å²) in [5.41, 5.74) is 0.936. The summed E-state index contributed by atoms with van der Waals surface area (Å²) < 4.78 is 11.6. The Balaban J connectivity index is 2.11. The van der Waals surface area contributed by atoms with E-state index in [1.807, 2.05) is 6.07 Å². The molecule has 0 aliphatic rings. The standard InChI is InChI=1S/C10H8Br2O3/c11-7-4-9(15-10(7)12)8(13)3-6-1-2-14-5-6/h1-2,4-5,8,13H,3H2. The number of hydrogen-bond donors (Lipinski definition) is 1. The van der Waals surface area contributed by atoms with Crippen LogP contribution in [0.15, 0.2) is 42.6 Å². The van der Waals surface area contributed by atoms with Gasteiger partial charge in [0.2, 0.25) is 0 Å². The highest BCUT2D eigenvalue weighted by Gasteiger charge is 2.15. The van der Waals surface area contributed by atoms with E-state index >= 15 is 0 Å². The van der Waals surface area contributed by atoms with Crippen LogP contribution in [0.5, 0.6) is 0 Å². The fourth-order valence-corrected chi connectivity index (χ4v) is 1.87. The number of rotatable bonds is 3. The molecule has 0 aliphatic carbocycles. The molecule has 1 atom stereocenters. The van der Waals surface area contributed by atoms with E-state index in [0.717, 1.165) is 10.0 Å². The smallest absolute Gasteiger partial charge is 0.183 e. The maximum absolute atomic E-state index is 9.85. The van der Waals surface area contributed by atoms with Gasteiger partial charge in [0.15, 0.2) is 4.67 Å². The Bertz CT molecular complexity index is 414. The normalized spacial score (nSPS) is 13.0. The predicted octanol–water partition coefficient (Wildman–Crippen LogP) is 3.67. The molecule has 2 aromatic rings. The molecule has 1 unspecified atom stereocenters. The van der Waals surface area contributed by atoms with Crippen LogP contribution in [-0.4, -0.2) is 5.11 Å². The quantitative estimate of drug-likeness (QED) is 0.930. The third-order valence-electron chi connectivity index (χ3n) is 2.00. The number of hydrogen-bond acceptors (Lipinski definition) is 3. The van der Waals surface area contributed by atoms with Crippen molar-refractivity contribution < 1.29 is 13.9 Å². The largest absolute Gasteiger partial charge is 0.472 e. The second-order valence-corrected chi connectivity index (χ2v) is 4.70. The monoisotopic (exact) mass is 334 g/mol. The highest BCUT2D eigenvalue weighted by molar-refractivity contribution is 9.13. The lowest BCUT2D eigenvalue weighted by Crippen LogP contribution is -1.98. The van der Waals surface area contributed by atoms with Crippen molar-refractivity contribution in [1.29, 1.82) is 0 Å². The number of aliphatic hydroxyl groups excluding tert-OH is 1. The topological polar surface area (TPSA) is 46.5 Å². The molecule has 0 saturated heterocycles. The number of halogens is 2. The average Bonchev–Trinajstić information content (AvgIpc) is 2.78. The first-order valence-electron chi connectivity index (χ1n) is 4.30. The van der Waals surface area contributed by atoms with E-state index in [2.05, 4.69) is 31.9 Å². The van der Waals surface area contributed by atoms with E-state index in [9.17, 15) is 5.11 Å². The highest BCUT2D eigenvalue weighted by atomic mass is 79.9. The lowest BCUT2D eigenvalue weighted by Gasteiger charge is -2.04. The van der Waals surface area contributed by atoms with Crippen LogP contribution in [0.1, 0.15) is 17.4 Å². The second-order valence-electron chi connectivity index (χ2n) is 3.12. The van der Waals surface area contributed by atoms with Crippen molar-refractivity contribution in [1.82, 2.24) is 0 Å². The summed E-state index contributed by atoms with van der Waals surface area (Å²) in [5, 5.41) is 9.85. The van der Waals surface area contributed by atoms with Crippen LogP contribution in [-0.2, 0) is 6.42 Å². The van der Waals surface area contributed by atoms with Gasteiger partial charge in [0.05, 0.1) is 17.0 Å². The second kappa shape index (κ2) is 4.55. The van der Waals surface area contributed by atoms with E-state index in [4.69, 9.17) is 8.83 Å². The summed E-state index contributed by atoms with van der Waals surface area (Å²) in [6.45, 7) is 0. The molecule has 0 spiro atoms. The molecule has 0 saturated carbocycles. The zero-order chi connectivity index (χ0) is 10.8. The molecule has 2 rings (SSSR count). The molecule has 0 bridgehead atoms. The van der Waals surface area contributed by atoms with Crippen LogP contribution in [0, 0.1) is 0 Å². The van der Waals surface area contributed by atoms with Gasteiger partial charge < -0.3 is 13.9 Å². The summed E-state index contributed by atoms with van der Waals surface area (Å²) in [7, 11) is 0. The van der Waals surface area contributed by atoms with E-state index in [1.165, 1.54) is 0 Å². The Morgan fingerprint density at radius 3 is 2.73 bits per heavy atom. The van der Waals surface area contributed by atoms with Crippen LogP contribution < -0.4 is 0 Å². The Morgan fingerprint density at radius 2 is 2.20 bits per heavy atom. The van der Waals surface area contributed by atoms with Crippen LogP contribution in [0.4, 0.5) is 0 Å². The molecule has 80 valence electrons. The van der Waals surface area contributed by atoms with Crippen molar-refractivity contribution in [3.63, 3.8) is 0 Å². The zero-order valence-electron chi connectivity index (χ0n) is 7.61. The fourth-order valence-electron chi connectivity index (χ4n) is 1.26. The lowest BCUT2D eigenvalue weighted by atomic mass is 10.1. The maximum atomic E-state index is 9.85. The molecule has 0 aromatic carbocycles. The third kappa shape index (κ3) is 2.53. The minimum absolute atomic E-state index is 0.475. The van der Waals surface area contributed by atoms with Crippen LogP contribution in [0.2, 0.25) is 0 Å². The van der Waals surface area contributed by atoms with Gasteiger partial charge in [-0.1, -0.05) is 0 Å². The first kappa shape index (κ1) is 11.0. The number of furan rings is 2. The van der Waals surface area contributed by atoms with Gasteiger partial charge in [-0.3, -0.25) is 0 Å². The summed E-state index contributed by atoms with van der Waals surface area (Å²) in [6, 6.07) is 3.56. The Kier molecular flexibility index (Phi) is 3.33. The predicted molar refractivity (Wildman–Crippen MR) is 61.5 cm³/mol. The Hall–Kier alpha value is -0.520. The van der Waals surface area contributed by atoms with Crippen molar-refractivity contribution in [3.05, 3.63) is 45.1 Å². The van der Waals surface area contributed by atoms with E-state index in [0.29, 0.717) is 16.9 Å². The van der Waals surface area contributed by atoms with Crippen molar-refractivity contribution >= 4 is 31.9 Å². The molecular formula is C10H8Br2O3. The lowest BCUT2D eigenvalue weighted by molar-refractivity contribution is 0.148. The number of aliphatic hydroxyl groups is 1. The van der Waals surface area contributed by atoms with Crippen molar-refractivity contribution in [2.24, 2.45) is 0 Å². The fraction of sp³-hybridized carbons (Fsp3) is 0.200. The molecule has 2 aromatic heterocycles. The Labute approximate surface area is 103 Å². The van der Waals surface area contributed by atoms with Gasteiger partial charge in [-0.05, 0) is 49.6 Å².